The number of hydrogen-bond acceptors (Lipinski definition) is 3. The molecule has 0 saturated heterocycles. The molecule has 17 heavy (non-hydrogen) atoms. The second-order valence-corrected chi connectivity index (χ2v) is 5.30. The molecule has 1 atom stereocenters. The SMILES string of the molecule is C=CCCC(=O)[C@@](O)(CC(=O)O)C[N+](C)(C)C. The van der Waals surface area contributed by atoms with Crippen LogP contribution in [0.5, 0.6) is 0 Å². The van der Waals surface area contributed by atoms with Crippen LogP contribution in [-0.4, -0.2) is 59.7 Å². The number of Topliss-reactive ketones (excluding diaryl/α,β-unsaturated/α-hetero) is 1. The number of carboxylic acid groups (broad SMARTS) is 1. The van der Waals surface area contributed by atoms with Gasteiger partial charge in [0.2, 0.25) is 0 Å². The lowest BCUT2D eigenvalue weighted by Gasteiger charge is -2.33. The first-order chi connectivity index (χ1) is 7.60. The van der Waals surface area contributed by atoms with Crippen LogP contribution < -0.4 is 0 Å². The van der Waals surface area contributed by atoms with Crippen molar-refractivity contribution in [3.63, 3.8) is 0 Å². The molecule has 0 aliphatic rings. The van der Waals surface area contributed by atoms with E-state index in [9.17, 15) is 14.7 Å². The summed E-state index contributed by atoms with van der Waals surface area (Å²) in [4.78, 5) is 22.6. The summed E-state index contributed by atoms with van der Waals surface area (Å²) in [6, 6.07) is 0. The van der Waals surface area contributed by atoms with Crippen molar-refractivity contribution in [2.24, 2.45) is 0 Å². The molecule has 2 N–H and O–H groups in total. The first kappa shape index (κ1) is 15.8. The van der Waals surface area contributed by atoms with E-state index in [1.807, 2.05) is 0 Å². The van der Waals surface area contributed by atoms with E-state index in [0.29, 0.717) is 10.9 Å². The summed E-state index contributed by atoms with van der Waals surface area (Å²) in [6.07, 6.45) is 1.58. The molecule has 0 fully saturated rings. The maximum absolute atomic E-state index is 11.9. The van der Waals surface area contributed by atoms with Gasteiger partial charge in [-0.25, -0.2) is 0 Å². The van der Waals surface area contributed by atoms with Crippen molar-refractivity contribution in [1.29, 1.82) is 0 Å². The van der Waals surface area contributed by atoms with Crippen molar-refractivity contribution >= 4 is 11.8 Å². The molecule has 0 heterocycles. The molecule has 0 spiro atoms. The lowest BCUT2D eigenvalue weighted by molar-refractivity contribution is -0.875. The molecule has 5 nitrogen and oxygen atoms in total. The Labute approximate surface area is 102 Å². The van der Waals surface area contributed by atoms with Crippen LogP contribution in [0.3, 0.4) is 0 Å². The third kappa shape index (κ3) is 6.19. The van der Waals surface area contributed by atoms with Crippen molar-refractivity contribution in [3.8, 4) is 0 Å². The number of aliphatic carboxylic acids is 1. The van der Waals surface area contributed by atoms with Gasteiger partial charge in [0, 0.05) is 6.42 Å². The van der Waals surface area contributed by atoms with Crippen molar-refractivity contribution in [1.82, 2.24) is 0 Å². The third-order valence-corrected chi connectivity index (χ3v) is 2.27. The number of allylic oxidation sites excluding steroid dienone is 1. The Bertz CT molecular complexity index is 306. The van der Waals surface area contributed by atoms with E-state index in [0.717, 1.165) is 0 Å². The van der Waals surface area contributed by atoms with Crippen LogP contribution in [0.2, 0.25) is 0 Å². The molecule has 0 aromatic rings. The molecule has 0 aromatic carbocycles. The maximum atomic E-state index is 11.9. The molecule has 0 rings (SSSR count). The van der Waals surface area contributed by atoms with Gasteiger partial charge in [0.05, 0.1) is 27.6 Å². The summed E-state index contributed by atoms with van der Waals surface area (Å²) in [5, 5.41) is 19.0. The zero-order valence-corrected chi connectivity index (χ0v) is 10.8. The number of ketones is 1. The van der Waals surface area contributed by atoms with E-state index in [1.54, 1.807) is 27.2 Å². The number of rotatable bonds is 8. The highest BCUT2D eigenvalue weighted by Gasteiger charge is 2.42. The molecule has 0 aliphatic heterocycles. The van der Waals surface area contributed by atoms with Crippen molar-refractivity contribution in [2.45, 2.75) is 24.9 Å². The molecular weight excluding hydrogens is 222 g/mol. The van der Waals surface area contributed by atoms with E-state index >= 15 is 0 Å². The first-order valence-corrected chi connectivity index (χ1v) is 5.49. The fourth-order valence-corrected chi connectivity index (χ4v) is 1.74. The van der Waals surface area contributed by atoms with Gasteiger partial charge in [0.25, 0.3) is 0 Å². The highest BCUT2D eigenvalue weighted by Crippen LogP contribution is 2.18. The molecule has 0 amide bonds. The van der Waals surface area contributed by atoms with E-state index in [1.165, 1.54) is 0 Å². The van der Waals surface area contributed by atoms with Gasteiger partial charge in [-0.2, -0.15) is 0 Å². The van der Waals surface area contributed by atoms with Crippen LogP contribution >= 0.6 is 0 Å². The minimum absolute atomic E-state index is 0.0786. The van der Waals surface area contributed by atoms with Gasteiger partial charge in [0.15, 0.2) is 11.4 Å². The summed E-state index contributed by atoms with van der Waals surface area (Å²) in [7, 11) is 5.40. The van der Waals surface area contributed by atoms with E-state index in [4.69, 9.17) is 5.11 Å². The highest BCUT2D eigenvalue weighted by molar-refractivity contribution is 5.91. The summed E-state index contributed by atoms with van der Waals surface area (Å²) >= 11 is 0. The number of carbonyl (C=O) groups excluding carboxylic acids is 1. The normalized spacial score (nSPS) is 15.1. The smallest absolute Gasteiger partial charge is 0.306 e. The fourth-order valence-electron chi connectivity index (χ4n) is 1.74. The summed E-state index contributed by atoms with van der Waals surface area (Å²) < 4.78 is 0.323. The number of carbonyl (C=O) groups is 2. The molecule has 5 heteroatoms. The second kappa shape index (κ2) is 5.93. The van der Waals surface area contributed by atoms with Gasteiger partial charge in [-0.05, 0) is 6.42 Å². The van der Waals surface area contributed by atoms with Gasteiger partial charge in [-0.15, -0.1) is 6.58 Å². The van der Waals surface area contributed by atoms with Gasteiger partial charge in [-0.1, -0.05) is 6.08 Å². The number of carboxylic acids is 1. The monoisotopic (exact) mass is 244 g/mol. The zero-order chi connectivity index (χ0) is 13.7. The second-order valence-electron chi connectivity index (χ2n) is 5.30. The van der Waals surface area contributed by atoms with E-state index < -0.39 is 23.8 Å². The van der Waals surface area contributed by atoms with Crippen molar-refractivity contribution in [3.05, 3.63) is 12.7 Å². The number of aliphatic hydroxyl groups is 1. The van der Waals surface area contributed by atoms with Crippen molar-refractivity contribution in [2.75, 3.05) is 27.7 Å². The lowest BCUT2D eigenvalue weighted by Crippen LogP contribution is -2.54. The van der Waals surface area contributed by atoms with Crippen molar-refractivity contribution < 1.29 is 24.3 Å². The average Bonchev–Trinajstić information content (AvgIpc) is 2.09. The van der Waals surface area contributed by atoms with Crippen LogP contribution in [0.1, 0.15) is 19.3 Å². The summed E-state index contributed by atoms with van der Waals surface area (Å²) in [5.41, 5.74) is -1.80. The van der Waals surface area contributed by atoms with Crippen LogP contribution in [0, 0.1) is 0 Å². The maximum Gasteiger partial charge on any atom is 0.306 e. The molecule has 0 saturated carbocycles. The molecule has 0 unspecified atom stereocenters. The first-order valence-electron chi connectivity index (χ1n) is 5.49. The molecule has 0 radical (unpaired) electrons. The molecule has 0 bridgehead atoms. The van der Waals surface area contributed by atoms with Gasteiger partial charge >= 0.3 is 5.97 Å². The molecule has 0 aromatic heterocycles. The highest BCUT2D eigenvalue weighted by atomic mass is 16.4. The van der Waals surface area contributed by atoms with E-state index in [-0.39, 0.29) is 13.0 Å². The summed E-state index contributed by atoms with van der Waals surface area (Å²) in [6.45, 7) is 3.57. The Morgan fingerprint density at radius 3 is 2.24 bits per heavy atom. The molecule has 0 aliphatic carbocycles. The van der Waals surface area contributed by atoms with Crippen LogP contribution in [-0.2, 0) is 9.59 Å². The third-order valence-electron chi connectivity index (χ3n) is 2.27. The standard InChI is InChI=1S/C12H21NO4/c1-5-6-7-10(14)12(17,8-11(15)16)9-13(2,3)4/h5,17H,1,6-9H2,2-4H3/p+1/t12-/m1/s1. The number of likely N-dealkylation sites (N-methyl/N-ethyl adjacent to an activating group) is 1. The van der Waals surface area contributed by atoms with Crippen LogP contribution in [0.4, 0.5) is 0 Å². The lowest BCUT2D eigenvalue weighted by atomic mass is 9.90. The minimum atomic E-state index is -1.80. The Kier molecular flexibility index (Phi) is 5.51. The molecule has 98 valence electrons. The van der Waals surface area contributed by atoms with Crippen LogP contribution in [0.25, 0.3) is 0 Å². The predicted molar refractivity (Wildman–Crippen MR) is 64.5 cm³/mol. The quantitative estimate of drug-likeness (QED) is 0.480. The Morgan fingerprint density at radius 1 is 1.35 bits per heavy atom. The number of quaternary nitrogens is 1. The predicted octanol–water partition coefficient (Wildman–Crippen LogP) is 0.434. The Morgan fingerprint density at radius 2 is 1.88 bits per heavy atom. The fraction of sp³-hybridized carbons (Fsp3) is 0.667. The van der Waals surface area contributed by atoms with Gasteiger partial charge in [-0.3, -0.25) is 9.59 Å². The van der Waals surface area contributed by atoms with Gasteiger partial charge in [0.1, 0.15) is 6.54 Å². The number of nitrogens with zero attached hydrogens (tertiary/aromatic N) is 1. The zero-order valence-electron chi connectivity index (χ0n) is 10.8. The van der Waals surface area contributed by atoms with Crippen LogP contribution in [0.15, 0.2) is 12.7 Å². The Hall–Kier alpha value is -1.20. The Balaban J connectivity index is 4.88. The average molecular weight is 244 g/mol. The topological polar surface area (TPSA) is 74.6 Å². The van der Waals surface area contributed by atoms with E-state index in [2.05, 4.69) is 6.58 Å². The summed E-state index contributed by atoms with van der Waals surface area (Å²) in [5.74, 6) is -1.61. The van der Waals surface area contributed by atoms with Gasteiger partial charge < -0.3 is 14.7 Å². The minimum Gasteiger partial charge on any atom is -0.481 e. The molecular formula is C12H22NO4+. The largest absolute Gasteiger partial charge is 0.481 e. The number of hydrogen-bond donors (Lipinski definition) is 2.